The first kappa shape index (κ1) is 12.8. The van der Waals surface area contributed by atoms with Crippen LogP contribution in [0.25, 0.3) is 10.9 Å². The number of nitrogens with two attached hydrogens (primary N) is 1. The molecule has 0 spiro atoms. The average molecular weight is 263 g/mol. The number of nitrogens with zero attached hydrogens (tertiary/aromatic N) is 1. The molecule has 2 rings (SSSR count). The summed E-state index contributed by atoms with van der Waals surface area (Å²) in [5.74, 6) is 0.602. The van der Waals surface area contributed by atoms with Crippen LogP contribution in [0.3, 0.4) is 0 Å². The highest BCUT2D eigenvalue weighted by Crippen LogP contribution is 2.27. The minimum absolute atomic E-state index is 0.118. The number of benzene rings is 1. The number of hydrogen-bond acceptors (Lipinski definition) is 4. The van der Waals surface area contributed by atoms with E-state index in [1.165, 1.54) is 0 Å². The summed E-state index contributed by atoms with van der Waals surface area (Å²) in [6, 6.07) is 7.79. The fraction of sp³-hybridized carbons (Fsp3) is 0.308. The summed E-state index contributed by atoms with van der Waals surface area (Å²) >= 11 is 0. The molecule has 0 bridgehead atoms. The van der Waals surface area contributed by atoms with Gasteiger partial charge in [-0.2, -0.15) is 0 Å². The number of rotatable bonds is 4. The van der Waals surface area contributed by atoms with Crippen molar-refractivity contribution in [2.45, 2.75) is 13.0 Å². The molecular weight excluding hydrogens is 246 g/mol. The lowest BCUT2D eigenvalue weighted by molar-refractivity contribution is 0.683. The molecule has 2 atom stereocenters. The van der Waals surface area contributed by atoms with Crippen LogP contribution >= 0.6 is 0 Å². The van der Waals surface area contributed by atoms with Crippen molar-refractivity contribution >= 4 is 33.1 Å². The van der Waals surface area contributed by atoms with Crippen molar-refractivity contribution in [1.29, 1.82) is 0 Å². The number of anilines is 2. The molecule has 1 aromatic carbocycles. The molecule has 4 nitrogen and oxygen atoms in total. The lowest BCUT2D eigenvalue weighted by Crippen LogP contribution is -2.22. The summed E-state index contributed by atoms with van der Waals surface area (Å²) in [5.41, 5.74) is 8.56. The van der Waals surface area contributed by atoms with Gasteiger partial charge in [0.05, 0.1) is 16.9 Å². The van der Waals surface area contributed by atoms with E-state index in [0.29, 0.717) is 11.4 Å². The number of aromatic nitrogens is 1. The first-order valence-electron chi connectivity index (χ1n) is 5.77. The second kappa shape index (κ2) is 5.35. The van der Waals surface area contributed by atoms with Crippen molar-refractivity contribution in [2.24, 2.45) is 0 Å². The van der Waals surface area contributed by atoms with Gasteiger partial charge in [0.2, 0.25) is 0 Å². The van der Waals surface area contributed by atoms with Crippen LogP contribution in [0.4, 0.5) is 11.4 Å². The SMILES string of the molecule is CC(CS(C)=O)Nc1ccc2ncccc2c1N. The van der Waals surface area contributed by atoms with Gasteiger partial charge < -0.3 is 11.1 Å². The summed E-state index contributed by atoms with van der Waals surface area (Å²) in [5, 5.41) is 4.23. The zero-order chi connectivity index (χ0) is 13.1. The first-order chi connectivity index (χ1) is 8.58. The van der Waals surface area contributed by atoms with E-state index in [2.05, 4.69) is 10.3 Å². The van der Waals surface area contributed by atoms with E-state index < -0.39 is 10.8 Å². The fourth-order valence-electron chi connectivity index (χ4n) is 1.96. The number of pyridine rings is 1. The molecule has 0 fully saturated rings. The summed E-state index contributed by atoms with van der Waals surface area (Å²) in [7, 11) is -0.819. The summed E-state index contributed by atoms with van der Waals surface area (Å²) in [6.07, 6.45) is 3.45. The van der Waals surface area contributed by atoms with E-state index in [-0.39, 0.29) is 6.04 Å². The molecule has 3 N–H and O–H groups in total. The maximum Gasteiger partial charge on any atom is 0.0724 e. The van der Waals surface area contributed by atoms with E-state index in [0.717, 1.165) is 16.6 Å². The van der Waals surface area contributed by atoms with Gasteiger partial charge in [0.1, 0.15) is 0 Å². The number of nitrogens with one attached hydrogen (secondary N) is 1. The third-order valence-electron chi connectivity index (χ3n) is 2.71. The molecule has 2 aromatic rings. The number of fused-ring (bicyclic) bond motifs is 1. The Morgan fingerprint density at radius 3 is 2.94 bits per heavy atom. The lowest BCUT2D eigenvalue weighted by atomic mass is 10.1. The quantitative estimate of drug-likeness (QED) is 0.828. The molecule has 0 amide bonds. The molecule has 0 aliphatic heterocycles. The van der Waals surface area contributed by atoms with Gasteiger partial charge in [-0.25, -0.2) is 0 Å². The van der Waals surface area contributed by atoms with Gasteiger partial charge in [0.25, 0.3) is 0 Å². The molecule has 1 heterocycles. The highest BCUT2D eigenvalue weighted by molar-refractivity contribution is 7.84. The van der Waals surface area contributed by atoms with Gasteiger partial charge in [0.15, 0.2) is 0 Å². The van der Waals surface area contributed by atoms with Gasteiger partial charge in [0, 0.05) is 40.4 Å². The normalized spacial score (nSPS) is 14.3. The van der Waals surface area contributed by atoms with Crippen LogP contribution in [-0.2, 0) is 10.8 Å². The lowest BCUT2D eigenvalue weighted by Gasteiger charge is -2.16. The zero-order valence-corrected chi connectivity index (χ0v) is 11.3. The Balaban J connectivity index is 2.29. The third kappa shape index (κ3) is 2.79. The van der Waals surface area contributed by atoms with Crippen LogP contribution in [0.5, 0.6) is 0 Å². The Hall–Kier alpha value is -1.62. The van der Waals surface area contributed by atoms with Crippen molar-refractivity contribution in [3.63, 3.8) is 0 Å². The predicted molar refractivity (Wildman–Crippen MR) is 78.2 cm³/mol. The second-order valence-corrected chi connectivity index (χ2v) is 5.86. The largest absolute Gasteiger partial charge is 0.397 e. The summed E-state index contributed by atoms with van der Waals surface area (Å²) < 4.78 is 11.2. The topological polar surface area (TPSA) is 68.0 Å². The number of hydrogen-bond donors (Lipinski definition) is 2. The molecule has 1 aromatic heterocycles. The molecule has 5 heteroatoms. The molecular formula is C13H17N3OS. The van der Waals surface area contributed by atoms with Crippen molar-refractivity contribution in [2.75, 3.05) is 23.1 Å². The van der Waals surface area contributed by atoms with E-state index in [1.807, 2.05) is 31.2 Å². The van der Waals surface area contributed by atoms with Crippen LogP contribution in [-0.4, -0.2) is 27.2 Å². The van der Waals surface area contributed by atoms with Crippen molar-refractivity contribution in [3.8, 4) is 0 Å². The fourth-order valence-corrected chi connectivity index (χ4v) is 2.75. The Kier molecular flexibility index (Phi) is 3.81. The van der Waals surface area contributed by atoms with Crippen LogP contribution in [0.15, 0.2) is 30.5 Å². The summed E-state index contributed by atoms with van der Waals surface area (Å²) in [6.45, 7) is 1.99. The van der Waals surface area contributed by atoms with Crippen LogP contribution < -0.4 is 11.1 Å². The van der Waals surface area contributed by atoms with E-state index in [1.54, 1.807) is 12.5 Å². The first-order valence-corrected chi connectivity index (χ1v) is 7.50. The van der Waals surface area contributed by atoms with E-state index in [4.69, 9.17) is 5.73 Å². The minimum atomic E-state index is -0.819. The molecule has 0 aliphatic carbocycles. The Labute approximate surface area is 109 Å². The van der Waals surface area contributed by atoms with Gasteiger partial charge in [-0.05, 0) is 31.2 Å². The van der Waals surface area contributed by atoms with E-state index in [9.17, 15) is 4.21 Å². The van der Waals surface area contributed by atoms with Crippen LogP contribution in [0, 0.1) is 0 Å². The van der Waals surface area contributed by atoms with Gasteiger partial charge in [-0.1, -0.05) is 0 Å². The molecule has 0 saturated heterocycles. The zero-order valence-electron chi connectivity index (χ0n) is 10.5. The molecule has 0 saturated carbocycles. The number of nitrogen functional groups attached to an aromatic ring is 1. The van der Waals surface area contributed by atoms with Gasteiger partial charge in [-0.3, -0.25) is 9.19 Å². The monoisotopic (exact) mass is 263 g/mol. The average Bonchev–Trinajstić information content (AvgIpc) is 2.32. The smallest absolute Gasteiger partial charge is 0.0724 e. The second-order valence-electron chi connectivity index (χ2n) is 4.38. The Morgan fingerprint density at radius 1 is 1.44 bits per heavy atom. The molecule has 2 unspecified atom stereocenters. The highest BCUT2D eigenvalue weighted by atomic mass is 32.2. The molecule has 0 radical (unpaired) electrons. The maximum atomic E-state index is 11.2. The summed E-state index contributed by atoms with van der Waals surface area (Å²) in [4.78, 5) is 4.25. The van der Waals surface area contributed by atoms with Crippen molar-refractivity contribution in [1.82, 2.24) is 4.98 Å². The van der Waals surface area contributed by atoms with Crippen LogP contribution in [0.2, 0.25) is 0 Å². The Bertz CT molecular complexity index is 585. The van der Waals surface area contributed by atoms with Crippen molar-refractivity contribution in [3.05, 3.63) is 30.5 Å². The highest BCUT2D eigenvalue weighted by Gasteiger charge is 2.09. The molecule has 96 valence electrons. The van der Waals surface area contributed by atoms with Crippen molar-refractivity contribution < 1.29 is 4.21 Å². The standard InChI is InChI=1S/C13H17N3OS/c1-9(8-18(2)17)16-12-6-5-11-10(13(12)14)4-3-7-15-11/h3-7,9,16H,8,14H2,1-2H3. The third-order valence-corrected chi connectivity index (χ3v) is 3.68. The Morgan fingerprint density at radius 2 is 2.22 bits per heavy atom. The van der Waals surface area contributed by atoms with Crippen LogP contribution in [0.1, 0.15) is 6.92 Å². The molecule has 18 heavy (non-hydrogen) atoms. The molecule has 0 aliphatic rings. The predicted octanol–water partition coefficient (Wildman–Crippen LogP) is 2.00. The van der Waals surface area contributed by atoms with Gasteiger partial charge >= 0.3 is 0 Å². The van der Waals surface area contributed by atoms with E-state index >= 15 is 0 Å². The minimum Gasteiger partial charge on any atom is -0.397 e. The maximum absolute atomic E-state index is 11.2. The van der Waals surface area contributed by atoms with Gasteiger partial charge in [-0.15, -0.1) is 0 Å².